The van der Waals surface area contributed by atoms with Gasteiger partial charge in [0.15, 0.2) is 5.82 Å². The van der Waals surface area contributed by atoms with Crippen LogP contribution in [0.5, 0.6) is 5.75 Å². The Morgan fingerprint density at radius 3 is 2.11 bits per heavy atom. The Bertz CT molecular complexity index is 2790. The molecule has 2 atom stereocenters. The van der Waals surface area contributed by atoms with Gasteiger partial charge in [0.2, 0.25) is 52.6 Å². The molecule has 6 amide bonds. The van der Waals surface area contributed by atoms with Crippen LogP contribution in [0.1, 0.15) is 91.0 Å². The van der Waals surface area contributed by atoms with E-state index in [0.29, 0.717) is 33.6 Å². The zero-order valence-electron chi connectivity index (χ0n) is 40.9. The van der Waals surface area contributed by atoms with E-state index < -0.39 is 101 Å². The first-order valence-electron chi connectivity index (χ1n) is 23.4. The Morgan fingerprint density at radius 2 is 1.48 bits per heavy atom. The number of nitrogen functional groups attached to an aromatic ring is 1. The first-order valence-corrected chi connectivity index (χ1v) is 23.4. The maximum atomic E-state index is 13.9. The number of carbonyl (C=O) groups is 6. The number of urea groups is 1. The molecule has 0 aliphatic rings. The summed E-state index contributed by atoms with van der Waals surface area (Å²) in [6.45, 7) is 8.81. The van der Waals surface area contributed by atoms with Crippen LogP contribution in [0.2, 0.25) is 0 Å². The lowest BCUT2D eigenvalue weighted by Gasteiger charge is -2.25. The van der Waals surface area contributed by atoms with Gasteiger partial charge in [-0.15, -0.1) is 0 Å². The molecule has 0 saturated carbocycles. The van der Waals surface area contributed by atoms with Crippen LogP contribution in [0.4, 0.5) is 43.0 Å². The van der Waals surface area contributed by atoms with Crippen LogP contribution >= 0.6 is 0 Å². The summed E-state index contributed by atoms with van der Waals surface area (Å²) in [6.07, 6.45) is -0.581. The number of hydrogen-bond donors (Lipinski definition) is 7. The molecule has 2 aromatic heterocycles. The number of fused-ring (bicyclic) bond motifs is 3. The van der Waals surface area contributed by atoms with E-state index in [1.807, 2.05) is 28.8 Å². The molecule has 0 radical (unpaired) electrons. The molecule has 0 spiro atoms. The Balaban J connectivity index is 1.15. The summed E-state index contributed by atoms with van der Waals surface area (Å²) >= 11 is 0. The summed E-state index contributed by atoms with van der Waals surface area (Å²) in [4.78, 5) is 87.7. The second kappa shape index (κ2) is 25.2. The minimum absolute atomic E-state index is 0.0246. The predicted molar refractivity (Wildman–Crippen MR) is 258 cm³/mol. The summed E-state index contributed by atoms with van der Waals surface area (Å²) in [5, 5.41) is 22.1. The number of hydrogen-bond acceptors (Lipinski definition) is 12. The topological polar surface area (TPSA) is 275 Å². The summed E-state index contributed by atoms with van der Waals surface area (Å²) in [5.74, 6) is -16.2. The molecular formula is C49H59F5N10O9. The third kappa shape index (κ3) is 15.2. The number of aliphatic hydroxyl groups is 1. The molecule has 0 unspecified atom stereocenters. The van der Waals surface area contributed by atoms with Crippen LogP contribution < -0.4 is 37.5 Å². The molecule has 5 aromatic rings. The van der Waals surface area contributed by atoms with Crippen molar-refractivity contribution in [2.45, 2.75) is 117 Å². The van der Waals surface area contributed by atoms with Crippen LogP contribution in [0, 0.1) is 35.0 Å². The van der Waals surface area contributed by atoms with Crippen LogP contribution in [0.25, 0.3) is 21.9 Å². The minimum Gasteiger partial charge on any atom is -0.445 e. The number of nitrogens with one attached hydrogen (secondary N) is 4. The fourth-order valence-electron chi connectivity index (χ4n) is 7.61. The summed E-state index contributed by atoms with van der Waals surface area (Å²) < 4.78 is 79.9. The van der Waals surface area contributed by atoms with E-state index >= 15 is 0 Å². The van der Waals surface area contributed by atoms with Gasteiger partial charge in [0.25, 0.3) is 0 Å². The number of nitrogens with two attached hydrogens (primary N) is 2. The molecule has 9 N–H and O–H groups in total. The number of halogens is 5. The van der Waals surface area contributed by atoms with Gasteiger partial charge in [-0.2, -0.15) is 8.78 Å². The number of ether oxygens (including phenoxy) is 2. The number of unbranched alkanes of at least 4 members (excludes halogenated alkanes) is 2. The summed E-state index contributed by atoms with van der Waals surface area (Å²) in [5.41, 5.74) is 13.0. The van der Waals surface area contributed by atoms with E-state index in [1.54, 1.807) is 58.9 Å². The number of nitrogens with zero attached hydrogens (tertiary/aromatic N) is 4. The zero-order chi connectivity index (χ0) is 53.7. The molecule has 394 valence electrons. The van der Waals surface area contributed by atoms with Crippen LogP contribution in [0.15, 0.2) is 48.5 Å². The number of aromatic nitrogens is 3. The lowest BCUT2D eigenvalue weighted by atomic mass is 10.0. The van der Waals surface area contributed by atoms with Crippen molar-refractivity contribution >= 4 is 69.3 Å². The van der Waals surface area contributed by atoms with Gasteiger partial charge >= 0.3 is 18.1 Å². The first-order chi connectivity index (χ1) is 34.5. The second-order valence-corrected chi connectivity index (χ2v) is 18.1. The molecule has 19 nitrogen and oxygen atoms in total. The van der Waals surface area contributed by atoms with E-state index in [4.69, 9.17) is 21.2 Å². The van der Waals surface area contributed by atoms with Gasteiger partial charge < -0.3 is 56.8 Å². The fraction of sp³-hybridized carbons (Fsp3) is 0.429. The van der Waals surface area contributed by atoms with Gasteiger partial charge in [-0.25, -0.2) is 32.7 Å². The van der Waals surface area contributed by atoms with E-state index in [0.717, 1.165) is 5.39 Å². The number of rotatable bonds is 24. The third-order valence-corrected chi connectivity index (χ3v) is 11.3. The Hall–Kier alpha value is -7.63. The molecule has 2 heterocycles. The molecule has 73 heavy (non-hydrogen) atoms. The van der Waals surface area contributed by atoms with E-state index in [1.165, 1.54) is 4.90 Å². The zero-order valence-corrected chi connectivity index (χ0v) is 40.9. The van der Waals surface area contributed by atoms with Crippen molar-refractivity contribution in [3.8, 4) is 5.75 Å². The van der Waals surface area contributed by atoms with Crippen molar-refractivity contribution in [3.05, 3.63) is 89.0 Å². The molecule has 24 heteroatoms. The Morgan fingerprint density at radius 1 is 0.836 bits per heavy atom. The highest BCUT2D eigenvalue weighted by Crippen LogP contribution is 2.32. The fourth-order valence-corrected chi connectivity index (χ4v) is 7.61. The number of amides is 6. The number of primary amides is 1. The normalized spacial score (nSPS) is 12.3. The summed E-state index contributed by atoms with van der Waals surface area (Å²) in [6, 6.07) is 10.8. The highest BCUT2D eigenvalue weighted by Gasteiger charge is 2.31. The second-order valence-electron chi connectivity index (χ2n) is 18.1. The van der Waals surface area contributed by atoms with Gasteiger partial charge in [0.1, 0.15) is 30.0 Å². The number of carbonyl (C=O) groups excluding carboxylic acids is 6. The molecule has 0 bridgehead atoms. The molecule has 5 rings (SSSR count). The average Bonchev–Trinajstić information content (AvgIpc) is 3.69. The number of esters is 1. The van der Waals surface area contributed by atoms with Crippen molar-refractivity contribution in [2.24, 2.45) is 11.7 Å². The first kappa shape index (κ1) is 56.3. The summed E-state index contributed by atoms with van der Waals surface area (Å²) in [7, 11) is 0. The largest absolute Gasteiger partial charge is 0.445 e. The Kier molecular flexibility index (Phi) is 19.4. The lowest BCUT2D eigenvalue weighted by molar-refractivity contribution is -0.135. The highest BCUT2D eigenvalue weighted by molar-refractivity contribution is 6.06. The highest BCUT2D eigenvalue weighted by atomic mass is 19.2. The van der Waals surface area contributed by atoms with Crippen LogP contribution in [-0.2, 0) is 43.6 Å². The maximum absolute atomic E-state index is 13.9. The maximum Gasteiger partial charge on any atom is 0.410 e. The number of anilines is 2. The Labute approximate surface area is 416 Å². The number of para-hydroxylation sites is 1. The van der Waals surface area contributed by atoms with Crippen molar-refractivity contribution < 1.29 is 65.3 Å². The number of pyridine rings is 1. The van der Waals surface area contributed by atoms with Crippen molar-refractivity contribution in [1.82, 2.24) is 35.4 Å². The SMILES string of the molecule is CCN(Cc1nc2c(N)nc3ccccc3c2n1CC(C)(C)O)C(=O)OCc1ccc(NC(=O)[C@H](CCCNC(N)=O)NC(=O)[C@@H](NC(=O)CCCCCC(=O)Oc2c(F)c(F)c(F)c(F)c2F)C(C)C)cc1. The van der Waals surface area contributed by atoms with Crippen molar-refractivity contribution in [2.75, 3.05) is 24.1 Å². The van der Waals surface area contributed by atoms with Crippen molar-refractivity contribution in [1.29, 1.82) is 0 Å². The third-order valence-electron chi connectivity index (χ3n) is 11.3. The minimum atomic E-state index is -2.40. The van der Waals surface area contributed by atoms with Crippen LogP contribution in [0.3, 0.4) is 0 Å². The van der Waals surface area contributed by atoms with Gasteiger partial charge in [0.05, 0.1) is 29.7 Å². The van der Waals surface area contributed by atoms with E-state index in [-0.39, 0.29) is 77.1 Å². The standard InChI is InChI=1S/C49H59F5N10O9/c1-6-63(23-32-61-41-42(64(32)25-49(4,5)71)29-13-10-11-14-30(29)59-44(41)55)48(70)72-24-27-18-20-28(21-19-27)58-45(67)31(15-12-22-57-47(56)69)60-46(68)40(26(2)3)62-33(65)16-8-7-9-17-34(66)73-43-38(53)36(51)35(50)37(52)39(43)54/h10-11,13-14,18-21,26,31,40,71H,6-9,12,15-17,22-25H2,1-5H3,(H2,55,59)(H,58,67)(H,60,68)(H,62,65)(H3,56,57,69)/t31-,40-/m0/s1. The van der Waals surface area contributed by atoms with E-state index in [2.05, 4.69) is 31.0 Å². The number of benzene rings is 3. The molecular weight excluding hydrogens is 968 g/mol. The van der Waals surface area contributed by atoms with Gasteiger partial charge in [0, 0.05) is 37.0 Å². The molecule has 0 aliphatic carbocycles. The quantitative estimate of drug-likeness (QED) is 0.00889. The smallest absolute Gasteiger partial charge is 0.410 e. The van der Waals surface area contributed by atoms with Gasteiger partial charge in [-0.05, 0) is 76.1 Å². The molecule has 0 aliphatic heterocycles. The molecule has 3 aromatic carbocycles. The average molecular weight is 1030 g/mol. The lowest BCUT2D eigenvalue weighted by Crippen LogP contribution is -2.54. The monoisotopic (exact) mass is 1030 g/mol. The van der Waals surface area contributed by atoms with E-state index in [9.17, 15) is 55.8 Å². The van der Waals surface area contributed by atoms with Gasteiger partial charge in [-0.3, -0.25) is 19.2 Å². The van der Waals surface area contributed by atoms with Crippen molar-refractivity contribution in [3.63, 3.8) is 0 Å². The molecule has 0 saturated heterocycles. The predicted octanol–water partition coefficient (Wildman–Crippen LogP) is 6.36. The van der Waals surface area contributed by atoms with Crippen LogP contribution in [-0.4, -0.2) is 91.1 Å². The number of imidazole rings is 1. The molecule has 0 fully saturated rings. The van der Waals surface area contributed by atoms with Gasteiger partial charge in [-0.1, -0.05) is 50.6 Å².